The number of hydrogen-bond acceptors (Lipinski definition) is 7. The molecule has 5 rings (SSSR count). The summed E-state index contributed by atoms with van der Waals surface area (Å²) in [4.78, 5) is 28.6. The number of carbonyl (C=O) groups is 2. The Kier molecular flexibility index (Phi) is 9.93. The molecule has 2 aliphatic heterocycles. The third-order valence-electron chi connectivity index (χ3n) is 8.18. The Hall–Kier alpha value is -3.86. The number of nitrogens with zero attached hydrogens (tertiary/aromatic N) is 1. The Labute approximate surface area is 260 Å². The molecule has 2 N–H and O–H groups in total. The van der Waals surface area contributed by atoms with E-state index in [9.17, 15) is 14.7 Å². The van der Waals surface area contributed by atoms with Crippen molar-refractivity contribution >= 4 is 29.2 Å². The van der Waals surface area contributed by atoms with Crippen molar-refractivity contribution in [1.82, 2.24) is 4.90 Å². The first kappa shape index (κ1) is 31.6. The first-order chi connectivity index (χ1) is 21.2. The van der Waals surface area contributed by atoms with Crippen LogP contribution in [0.2, 0.25) is 5.02 Å². The fourth-order valence-corrected chi connectivity index (χ4v) is 6.46. The maximum absolute atomic E-state index is 15.0. The summed E-state index contributed by atoms with van der Waals surface area (Å²) in [5.41, 5.74) is 3.60. The summed E-state index contributed by atoms with van der Waals surface area (Å²) < 4.78 is 36.9. The van der Waals surface area contributed by atoms with Crippen LogP contribution in [0.15, 0.2) is 48.5 Å². The van der Waals surface area contributed by atoms with Gasteiger partial charge < -0.3 is 29.4 Å². The van der Waals surface area contributed by atoms with Gasteiger partial charge in [0.2, 0.25) is 18.4 Å². The van der Waals surface area contributed by atoms with E-state index in [0.29, 0.717) is 47.0 Å². The monoisotopic (exact) mass is 626 g/mol. The number of fused-ring (bicyclic) bond motifs is 1. The second-order valence-electron chi connectivity index (χ2n) is 10.8. The maximum Gasteiger partial charge on any atom is 0.309 e. The Morgan fingerprint density at radius 2 is 1.82 bits per heavy atom. The number of carboxylic acids is 1. The number of benzene rings is 3. The van der Waals surface area contributed by atoms with E-state index in [1.165, 1.54) is 6.07 Å². The molecular formula is C33H36ClFN2O7. The molecule has 1 unspecified atom stereocenters. The van der Waals surface area contributed by atoms with Crippen molar-refractivity contribution in [2.45, 2.75) is 38.6 Å². The summed E-state index contributed by atoms with van der Waals surface area (Å²) in [6.45, 7) is 4.52. The zero-order valence-electron chi connectivity index (χ0n) is 24.9. The van der Waals surface area contributed by atoms with E-state index in [1.807, 2.05) is 30.9 Å². The number of aliphatic carboxylic acids is 1. The molecule has 9 nitrogen and oxygen atoms in total. The predicted octanol–water partition coefficient (Wildman–Crippen LogP) is 5.84. The summed E-state index contributed by atoms with van der Waals surface area (Å²) in [7, 11) is 1.57. The molecule has 2 heterocycles. The van der Waals surface area contributed by atoms with Crippen LogP contribution in [0.1, 0.15) is 48.1 Å². The van der Waals surface area contributed by atoms with Crippen molar-refractivity contribution in [3.05, 3.63) is 81.6 Å². The van der Waals surface area contributed by atoms with Crippen LogP contribution in [0.3, 0.4) is 0 Å². The first-order valence-electron chi connectivity index (χ1n) is 14.6. The van der Waals surface area contributed by atoms with Crippen molar-refractivity contribution in [3.8, 4) is 17.2 Å². The lowest BCUT2D eigenvalue weighted by molar-refractivity contribution is -0.143. The number of halogens is 2. The Bertz CT molecular complexity index is 1510. The minimum absolute atomic E-state index is 0.00437. The van der Waals surface area contributed by atoms with E-state index >= 15 is 4.39 Å². The number of aryl methyl sites for hydroxylation is 2. The van der Waals surface area contributed by atoms with E-state index in [2.05, 4.69) is 5.32 Å². The first-order valence-corrected chi connectivity index (χ1v) is 15.0. The number of para-hydroxylation sites is 1. The minimum atomic E-state index is -1.08. The highest BCUT2D eigenvalue weighted by molar-refractivity contribution is 6.30. The van der Waals surface area contributed by atoms with Crippen LogP contribution in [0.25, 0.3) is 0 Å². The molecule has 1 saturated heterocycles. The number of likely N-dealkylation sites (tertiary alicyclic amines) is 1. The van der Waals surface area contributed by atoms with Crippen LogP contribution >= 0.6 is 11.6 Å². The number of nitrogens with one attached hydrogen (secondary N) is 1. The number of carbonyl (C=O) groups excluding carboxylic acids is 1. The Balaban J connectivity index is 1.53. The molecule has 2 aliphatic rings. The average Bonchev–Trinajstić information content (AvgIpc) is 3.63. The van der Waals surface area contributed by atoms with Gasteiger partial charge in [0.15, 0.2) is 11.6 Å². The molecule has 0 aliphatic carbocycles. The van der Waals surface area contributed by atoms with Gasteiger partial charge in [0.05, 0.1) is 25.1 Å². The third-order valence-corrected chi connectivity index (χ3v) is 8.40. The van der Waals surface area contributed by atoms with Crippen molar-refractivity contribution < 1.29 is 38.0 Å². The van der Waals surface area contributed by atoms with E-state index in [4.69, 9.17) is 30.5 Å². The van der Waals surface area contributed by atoms with Gasteiger partial charge in [0.1, 0.15) is 12.4 Å². The highest BCUT2D eigenvalue weighted by Crippen LogP contribution is 2.50. The van der Waals surface area contributed by atoms with Gasteiger partial charge in [-0.1, -0.05) is 43.6 Å². The van der Waals surface area contributed by atoms with Crippen LogP contribution in [0.4, 0.5) is 10.1 Å². The molecule has 0 aromatic heterocycles. The third kappa shape index (κ3) is 6.47. The molecule has 0 radical (unpaired) electrons. The van der Waals surface area contributed by atoms with Crippen molar-refractivity contribution in [1.29, 1.82) is 0 Å². The summed E-state index contributed by atoms with van der Waals surface area (Å²) in [6.07, 6.45) is 1.33. The maximum atomic E-state index is 15.0. The molecule has 0 spiro atoms. The van der Waals surface area contributed by atoms with Crippen LogP contribution in [0.5, 0.6) is 17.2 Å². The van der Waals surface area contributed by atoms with Crippen LogP contribution in [-0.2, 0) is 27.2 Å². The zero-order valence-corrected chi connectivity index (χ0v) is 25.7. The summed E-state index contributed by atoms with van der Waals surface area (Å²) >= 11 is 6.33. The van der Waals surface area contributed by atoms with Gasteiger partial charge in [-0.3, -0.25) is 14.5 Å². The number of rotatable bonds is 12. The standard InChI is InChI=1S/C33H36ClFN2O7/c1-4-19-12-22(34)13-20(5-2)30(19)36-28(38)17-37-16-24(21-14-25(35)32-27(15-21)43-18-44-32)29(33(39)40)31(37)23-8-6-7-9-26(23)42-11-10-41-3/h6-9,12-15,24,29,31H,4-5,10-11,16-18H2,1-3H3,(H,36,38)(H,39,40)/t24-,29?,31+/m1/s1. The lowest BCUT2D eigenvalue weighted by Gasteiger charge is -2.28. The topological polar surface area (TPSA) is 107 Å². The lowest BCUT2D eigenvalue weighted by Crippen LogP contribution is -2.35. The smallest absolute Gasteiger partial charge is 0.309 e. The van der Waals surface area contributed by atoms with Gasteiger partial charge >= 0.3 is 5.97 Å². The van der Waals surface area contributed by atoms with Gasteiger partial charge in [-0.05, 0) is 59.9 Å². The van der Waals surface area contributed by atoms with Crippen molar-refractivity contribution in [2.24, 2.45) is 5.92 Å². The van der Waals surface area contributed by atoms with Crippen LogP contribution in [0, 0.1) is 11.7 Å². The van der Waals surface area contributed by atoms with Gasteiger partial charge in [0, 0.05) is 35.8 Å². The van der Waals surface area contributed by atoms with Crippen LogP contribution < -0.4 is 19.5 Å². The van der Waals surface area contributed by atoms with Gasteiger partial charge in [0.25, 0.3) is 0 Å². The number of anilines is 1. The molecule has 234 valence electrons. The number of hydrogen-bond donors (Lipinski definition) is 2. The predicted molar refractivity (Wildman–Crippen MR) is 163 cm³/mol. The summed E-state index contributed by atoms with van der Waals surface area (Å²) in [6, 6.07) is 13.0. The normalized spacial score (nSPS) is 19.2. The molecular weight excluding hydrogens is 591 g/mol. The van der Waals surface area contributed by atoms with E-state index in [-0.39, 0.29) is 43.9 Å². The minimum Gasteiger partial charge on any atom is -0.491 e. The van der Waals surface area contributed by atoms with Crippen molar-refractivity contribution in [2.75, 3.05) is 45.5 Å². The molecule has 1 fully saturated rings. The second kappa shape index (κ2) is 13.8. The second-order valence-corrected chi connectivity index (χ2v) is 11.3. The van der Waals surface area contributed by atoms with E-state index < -0.39 is 29.7 Å². The highest BCUT2D eigenvalue weighted by Gasteiger charge is 2.49. The summed E-state index contributed by atoms with van der Waals surface area (Å²) in [5, 5.41) is 14.3. The van der Waals surface area contributed by atoms with Crippen LogP contribution in [-0.4, -0.2) is 62.1 Å². The molecule has 11 heteroatoms. The quantitative estimate of drug-likeness (QED) is 0.242. The number of amides is 1. The fraction of sp³-hybridized carbons (Fsp3) is 0.394. The number of carboxylic acid groups (broad SMARTS) is 1. The zero-order chi connectivity index (χ0) is 31.4. The molecule has 3 atom stereocenters. The average molecular weight is 627 g/mol. The van der Waals surface area contributed by atoms with E-state index in [1.54, 1.807) is 37.4 Å². The molecule has 44 heavy (non-hydrogen) atoms. The van der Waals surface area contributed by atoms with Gasteiger partial charge in [-0.15, -0.1) is 0 Å². The van der Waals surface area contributed by atoms with Gasteiger partial charge in [-0.2, -0.15) is 0 Å². The van der Waals surface area contributed by atoms with E-state index in [0.717, 1.165) is 11.1 Å². The molecule has 3 aromatic rings. The molecule has 0 saturated carbocycles. The fourth-order valence-electron chi connectivity index (χ4n) is 6.20. The summed E-state index contributed by atoms with van der Waals surface area (Å²) in [5.74, 6) is -3.00. The van der Waals surface area contributed by atoms with Crippen molar-refractivity contribution in [3.63, 3.8) is 0 Å². The van der Waals surface area contributed by atoms with Gasteiger partial charge in [-0.25, -0.2) is 4.39 Å². The Morgan fingerprint density at radius 1 is 1.09 bits per heavy atom. The molecule has 3 aromatic carbocycles. The molecule has 0 bridgehead atoms. The number of methoxy groups -OCH3 is 1. The lowest BCUT2D eigenvalue weighted by atomic mass is 9.82. The Morgan fingerprint density at radius 3 is 2.50 bits per heavy atom. The largest absolute Gasteiger partial charge is 0.491 e. The SMILES string of the molecule is CCc1cc(Cl)cc(CC)c1NC(=O)CN1C[C@H](c2cc(F)c3c(c2)OCO3)C(C(=O)O)[C@@H]1c1ccccc1OCCOC. The highest BCUT2D eigenvalue weighted by atomic mass is 35.5. The number of ether oxygens (including phenoxy) is 4. The molecule has 1 amide bonds.